The molecule has 3 aromatic rings. The van der Waals surface area contributed by atoms with Crippen molar-refractivity contribution in [2.45, 2.75) is 6.92 Å². The maximum absolute atomic E-state index is 12.7. The zero-order valence-electron chi connectivity index (χ0n) is 18.2. The first-order valence-corrected chi connectivity index (χ1v) is 11.7. The lowest BCUT2D eigenvalue weighted by atomic mass is 10.1. The van der Waals surface area contributed by atoms with Crippen LogP contribution in [-0.2, 0) is 9.53 Å². The largest absolute Gasteiger partial charge is 0.490 e. The average molecular weight is 498 g/mol. The fourth-order valence-electron chi connectivity index (χ4n) is 3.23. The van der Waals surface area contributed by atoms with Gasteiger partial charge in [0.05, 0.1) is 28.6 Å². The summed E-state index contributed by atoms with van der Waals surface area (Å²) in [6, 6.07) is 17.3. The van der Waals surface area contributed by atoms with Gasteiger partial charge in [0.1, 0.15) is 23.9 Å². The first-order chi connectivity index (χ1) is 16.5. The van der Waals surface area contributed by atoms with Gasteiger partial charge in [0.25, 0.3) is 11.1 Å². The van der Waals surface area contributed by atoms with Crippen molar-refractivity contribution in [3.05, 3.63) is 81.9 Å². The summed E-state index contributed by atoms with van der Waals surface area (Å²) in [4.78, 5) is 38.4. The van der Waals surface area contributed by atoms with Crippen molar-refractivity contribution in [1.29, 1.82) is 0 Å². The molecular formula is C25H20ClNO6S. The predicted molar refractivity (Wildman–Crippen MR) is 130 cm³/mol. The Morgan fingerprint density at radius 2 is 1.94 bits per heavy atom. The van der Waals surface area contributed by atoms with Crippen LogP contribution in [0.1, 0.15) is 23.0 Å². The molecule has 0 atom stereocenters. The van der Waals surface area contributed by atoms with Crippen LogP contribution in [0.4, 0.5) is 4.79 Å². The Morgan fingerprint density at radius 3 is 2.74 bits per heavy atom. The van der Waals surface area contributed by atoms with Crippen molar-refractivity contribution in [2.24, 2.45) is 0 Å². The van der Waals surface area contributed by atoms with Gasteiger partial charge in [-0.3, -0.25) is 14.5 Å². The van der Waals surface area contributed by atoms with E-state index >= 15 is 0 Å². The molecule has 1 fully saturated rings. The standard InChI is InChI=1S/C25H20ClNO6S/c1-2-31-24(29)17-7-5-6-16(14-17)20-11-10-18(33-20)15-22-23(28)27(25(30)34-22)12-13-32-21-9-4-3-8-19(21)26/h3-11,14-15H,2,12-13H2,1H3/b22-15-. The van der Waals surface area contributed by atoms with Crippen LogP contribution in [0.2, 0.25) is 5.02 Å². The van der Waals surface area contributed by atoms with Gasteiger partial charge in [-0.15, -0.1) is 0 Å². The third-order valence-corrected chi connectivity index (χ3v) is 6.06. The molecule has 0 N–H and O–H groups in total. The van der Waals surface area contributed by atoms with E-state index in [1.807, 2.05) is 0 Å². The molecule has 174 valence electrons. The highest BCUT2D eigenvalue weighted by Gasteiger charge is 2.35. The smallest absolute Gasteiger partial charge is 0.338 e. The number of furan rings is 1. The molecule has 1 saturated heterocycles. The van der Waals surface area contributed by atoms with E-state index in [1.165, 1.54) is 6.08 Å². The minimum atomic E-state index is -0.417. The molecule has 0 bridgehead atoms. The van der Waals surface area contributed by atoms with Gasteiger partial charge in [0.2, 0.25) is 0 Å². The third-order valence-electron chi connectivity index (χ3n) is 4.84. The van der Waals surface area contributed by atoms with E-state index in [1.54, 1.807) is 67.6 Å². The van der Waals surface area contributed by atoms with Crippen LogP contribution < -0.4 is 4.74 Å². The number of thioether (sulfide) groups is 1. The zero-order chi connectivity index (χ0) is 24.1. The highest BCUT2D eigenvalue weighted by atomic mass is 35.5. The van der Waals surface area contributed by atoms with Gasteiger partial charge in [-0.05, 0) is 55.1 Å². The lowest BCUT2D eigenvalue weighted by Crippen LogP contribution is -2.32. The fourth-order valence-corrected chi connectivity index (χ4v) is 4.27. The molecule has 0 radical (unpaired) electrons. The van der Waals surface area contributed by atoms with Crippen molar-refractivity contribution in [3.8, 4) is 17.1 Å². The number of para-hydroxylation sites is 1. The number of ether oxygens (including phenoxy) is 2. The van der Waals surface area contributed by atoms with E-state index in [4.69, 9.17) is 25.5 Å². The molecule has 9 heteroatoms. The van der Waals surface area contributed by atoms with E-state index in [0.717, 1.165) is 16.7 Å². The molecule has 0 saturated carbocycles. The van der Waals surface area contributed by atoms with Gasteiger partial charge >= 0.3 is 5.97 Å². The Morgan fingerprint density at radius 1 is 1.12 bits per heavy atom. The third kappa shape index (κ3) is 5.35. The molecule has 0 spiro atoms. The second-order valence-electron chi connectivity index (χ2n) is 7.12. The summed E-state index contributed by atoms with van der Waals surface area (Å²) in [7, 11) is 0. The number of nitrogens with zero attached hydrogens (tertiary/aromatic N) is 1. The number of hydrogen-bond acceptors (Lipinski definition) is 7. The minimum absolute atomic E-state index is 0.0945. The number of carbonyl (C=O) groups excluding carboxylic acids is 3. The molecule has 1 aromatic heterocycles. The lowest BCUT2D eigenvalue weighted by molar-refractivity contribution is -0.123. The Labute approximate surface area is 205 Å². The van der Waals surface area contributed by atoms with E-state index in [9.17, 15) is 14.4 Å². The fraction of sp³-hybridized carbons (Fsp3) is 0.160. The lowest BCUT2D eigenvalue weighted by Gasteiger charge is -2.13. The second kappa shape index (κ2) is 10.6. The van der Waals surface area contributed by atoms with Gasteiger partial charge in [-0.2, -0.15) is 0 Å². The summed E-state index contributed by atoms with van der Waals surface area (Å²) >= 11 is 6.89. The number of benzene rings is 2. The number of esters is 1. The average Bonchev–Trinajstić information content (AvgIpc) is 3.40. The van der Waals surface area contributed by atoms with Crippen LogP contribution in [0.15, 0.2) is 70.0 Å². The van der Waals surface area contributed by atoms with Crippen LogP contribution in [-0.4, -0.2) is 41.8 Å². The Balaban J connectivity index is 1.42. The molecule has 0 aliphatic carbocycles. The van der Waals surface area contributed by atoms with Gasteiger partial charge in [0.15, 0.2) is 0 Å². The first-order valence-electron chi connectivity index (χ1n) is 10.5. The van der Waals surface area contributed by atoms with Gasteiger partial charge in [0, 0.05) is 11.6 Å². The summed E-state index contributed by atoms with van der Waals surface area (Å²) in [5, 5.41) is 0.0749. The molecule has 34 heavy (non-hydrogen) atoms. The Bertz CT molecular complexity index is 1270. The molecule has 4 rings (SSSR count). The van der Waals surface area contributed by atoms with E-state index in [0.29, 0.717) is 33.4 Å². The highest BCUT2D eigenvalue weighted by Crippen LogP contribution is 2.33. The summed E-state index contributed by atoms with van der Waals surface area (Å²) < 4.78 is 16.5. The molecule has 1 aliphatic rings. The van der Waals surface area contributed by atoms with Crippen LogP contribution in [0, 0.1) is 0 Å². The molecule has 7 nitrogen and oxygen atoms in total. The number of hydrogen-bond donors (Lipinski definition) is 0. The summed E-state index contributed by atoms with van der Waals surface area (Å²) in [6.07, 6.45) is 1.53. The highest BCUT2D eigenvalue weighted by molar-refractivity contribution is 8.18. The van der Waals surface area contributed by atoms with E-state index in [2.05, 4.69) is 0 Å². The Kier molecular flexibility index (Phi) is 7.40. The quantitative estimate of drug-likeness (QED) is 0.283. The van der Waals surface area contributed by atoms with Crippen LogP contribution in [0.25, 0.3) is 17.4 Å². The molecule has 2 amide bonds. The second-order valence-corrected chi connectivity index (χ2v) is 8.52. The first kappa shape index (κ1) is 23.7. The molecule has 2 aromatic carbocycles. The summed E-state index contributed by atoms with van der Waals surface area (Å²) in [6.45, 7) is 2.25. The number of carbonyl (C=O) groups is 3. The summed E-state index contributed by atoms with van der Waals surface area (Å²) in [5.41, 5.74) is 1.10. The van der Waals surface area contributed by atoms with E-state index < -0.39 is 11.9 Å². The Hall–Kier alpha value is -3.49. The van der Waals surface area contributed by atoms with Gasteiger partial charge in [-0.1, -0.05) is 35.9 Å². The van der Waals surface area contributed by atoms with Crippen molar-refractivity contribution in [1.82, 2.24) is 4.90 Å². The molecule has 1 aliphatic heterocycles. The molecule has 0 unspecified atom stereocenters. The zero-order valence-corrected chi connectivity index (χ0v) is 19.7. The van der Waals surface area contributed by atoms with Crippen molar-refractivity contribution in [3.63, 3.8) is 0 Å². The normalized spacial score (nSPS) is 14.6. The maximum atomic E-state index is 12.7. The predicted octanol–water partition coefficient (Wildman–Crippen LogP) is 5.89. The monoisotopic (exact) mass is 497 g/mol. The SMILES string of the molecule is CCOC(=O)c1cccc(-c2ccc(/C=C3\SC(=O)N(CCOc4ccccc4Cl)C3=O)o2)c1. The molecule has 2 heterocycles. The van der Waals surface area contributed by atoms with Crippen molar-refractivity contribution < 1.29 is 28.3 Å². The van der Waals surface area contributed by atoms with E-state index in [-0.39, 0.29) is 29.9 Å². The topological polar surface area (TPSA) is 86.0 Å². The number of imide groups is 1. The summed E-state index contributed by atoms with van der Waals surface area (Å²) in [5.74, 6) is 0.587. The van der Waals surface area contributed by atoms with Crippen LogP contribution >= 0.6 is 23.4 Å². The molecular weight excluding hydrogens is 478 g/mol. The number of halogens is 1. The minimum Gasteiger partial charge on any atom is -0.490 e. The number of amides is 2. The van der Waals surface area contributed by atoms with Crippen molar-refractivity contribution >= 4 is 46.6 Å². The van der Waals surface area contributed by atoms with Gasteiger partial charge in [-0.25, -0.2) is 4.79 Å². The van der Waals surface area contributed by atoms with Crippen LogP contribution in [0.3, 0.4) is 0 Å². The van der Waals surface area contributed by atoms with Crippen LogP contribution in [0.5, 0.6) is 5.75 Å². The maximum Gasteiger partial charge on any atom is 0.338 e. The van der Waals surface area contributed by atoms with Crippen molar-refractivity contribution in [2.75, 3.05) is 19.8 Å². The number of rotatable bonds is 8. The van der Waals surface area contributed by atoms with Gasteiger partial charge < -0.3 is 13.9 Å².